The Balaban J connectivity index is 0. The minimum atomic E-state index is -0.229. The largest absolute Gasteiger partial charge is 1.00 e. The van der Waals surface area contributed by atoms with Gasteiger partial charge in [-0.15, -0.1) is 0 Å². The number of quaternary nitrogens is 1. The number of rotatable bonds is 10. The van der Waals surface area contributed by atoms with Crippen molar-refractivity contribution in [2.75, 3.05) is 46.5 Å². The number of hydrogen-bond acceptors (Lipinski definition) is 5. The van der Waals surface area contributed by atoms with Crippen LogP contribution in [0.4, 0.5) is 0 Å². The molecule has 0 aliphatic rings. The molecule has 0 heterocycles. The second-order valence-electron chi connectivity index (χ2n) is 4.66. The van der Waals surface area contributed by atoms with Crippen LogP contribution in [-0.4, -0.2) is 68.0 Å². The lowest BCUT2D eigenvalue weighted by molar-refractivity contribution is -0.910. The van der Waals surface area contributed by atoms with Crippen molar-refractivity contribution < 1.29 is 45.6 Å². The SMILES string of the molecule is CCC(=O)OCC[N+](C)(CCO)CCOC(=O)CC.[Br-]. The van der Waals surface area contributed by atoms with Gasteiger partial charge in [0.25, 0.3) is 0 Å². The first kappa shape index (κ1) is 21.6. The number of carbonyl (C=O) groups excluding carboxylic acids is 2. The molecule has 1 N–H and O–H groups in total. The molecule has 0 aromatic rings. The number of aliphatic hydroxyl groups is 1. The first-order valence-electron chi connectivity index (χ1n) is 6.73. The minimum absolute atomic E-state index is 0. The van der Waals surface area contributed by atoms with Crippen LogP contribution < -0.4 is 17.0 Å². The number of likely N-dealkylation sites (N-methyl/N-ethyl adjacent to an activating group) is 1. The predicted molar refractivity (Wildman–Crippen MR) is 70.4 cm³/mol. The van der Waals surface area contributed by atoms with Gasteiger partial charge < -0.3 is 36.0 Å². The summed E-state index contributed by atoms with van der Waals surface area (Å²) in [4.78, 5) is 22.1. The Kier molecular flexibility index (Phi) is 13.1. The zero-order valence-electron chi connectivity index (χ0n) is 12.6. The van der Waals surface area contributed by atoms with Gasteiger partial charge in [0, 0.05) is 12.8 Å². The Hall–Kier alpha value is -0.660. The molecular formula is C13H26BrNO5. The molecule has 0 fully saturated rings. The lowest BCUT2D eigenvalue weighted by Crippen LogP contribution is -3.00. The third-order valence-corrected chi connectivity index (χ3v) is 3.01. The molecule has 0 amide bonds. The van der Waals surface area contributed by atoms with Crippen molar-refractivity contribution in [2.45, 2.75) is 26.7 Å². The van der Waals surface area contributed by atoms with Gasteiger partial charge in [-0.2, -0.15) is 0 Å². The molecular weight excluding hydrogens is 330 g/mol. The van der Waals surface area contributed by atoms with Crippen molar-refractivity contribution >= 4 is 11.9 Å². The summed E-state index contributed by atoms with van der Waals surface area (Å²) in [7, 11) is 1.94. The molecule has 0 radical (unpaired) electrons. The van der Waals surface area contributed by atoms with Crippen LogP contribution in [0.1, 0.15) is 26.7 Å². The van der Waals surface area contributed by atoms with E-state index in [1.165, 1.54) is 0 Å². The van der Waals surface area contributed by atoms with E-state index in [9.17, 15) is 9.59 Å². The fourth-order valence-corrected chi connectivity index (χ4v) is 1.54. The molecule has 0 aromatic heterocycles. The van der Waals surface area contributed by atoms with Crippen LogP contribution in [0.3, 0.4) is 0 Å². The summed E-state index contributed by atoms with van der Waals surface area (Å²) in [6, 6.07) is 0. The first-order chi connectivity index (χ1) is 8.97. The number of carbonyl (C=O) groups is 2. The maximum absolute atomic E-state index is 11.0. The smallest absolute Gasteiger partial charge is 0.305 e. The summed E-state index contributed by atoms with van der Waals surface area (Å²) in [5.74, 6) is -0.457. The Morgan fingerprint density at radius 1 is 0.950 bits per heavy atom. The first-order valence-corrected chi connectivity index (χ1v) is 6.73. The van der Waals surface area contributed by atoms with Gasteiger partial charge in [0.15, 0.2) is 0 Å². The zero-order valence-corrected chi connectivity index (χ0v) is 14.1. The third-order valence-electron chi connectivity index (χ3n) is 3.01. The summed E-state index contributed by atoms with van der Waals surface area (Å²) in [5, 5.41) is 9.08. The Morgan fingerprint density at radius 3 is 1.65 bits per heavy atom. The molecule has 0 bridgehead atoms. The van der Waals surface area contributed by atoms with Gasteiger partial charge >= 0.3 is 11.9 Å². The van der Waals surface area contributed by atoms with E-state index in [4.69, 9.17) is 14.6 Å². The van der Waals surface area contributed by atoms with E-state index in [1.807, 2.05) is 7.05 Å². The standard InChI is InChI=1S/C13H26NO5.BrH/c1-4-12(16)18-10-7-14(3,6-9-15)8-11-19-13(17)5-2;/h15H,4-11H2,1-3H3;1H/q+1;/p-1. The predicted octanol–water partition coefficient (Wildman–Crippen LogP) is -2.66. The van der Waals surface area contributed by atoms with Crippen LogP contribution in [0.5, 0.6) is 0 Å². The van der Waals surface area contributed by atoms with Crippen LogP contribution >= 0.6 is 0 Å². The van der Waals surface area contributed by atoms with Crippen molar-refractivity contribution in [1.29, 1.82) is 0 Å². The van der Waals surface area contributed by atoms with Crippen molar-refractivity contribution in [2.24, 2.45) is 0 Å². The average molecular weight is 356 g/mol. The highest BCUT2D eigenvalue weighted by atomic mass is 79.9. The normalized spacial score (nSPS) is 10.6. The van der Waals surface area contributed by atoms with E-state index in [-0.39, 0.29) is 35.5 Å². The Bertz CT molecular complexity index is 264. The monoisotopic (exact) mass is 355 g/mol. The minimum Gasteiger partial charge on any atom is -1.00 e. The molecule has 0 rings (SSSR count). The average Bonchev–Trinajstić information content (AvgIpc) is 2.38. The summed E-state index contributed by atoms with van der Waals surface area (Å²) in [5.41, 5.74) is 0. The molecule has 0 aromatic carbocycles. The second kappa shape index (κ2) is 12.1. The topological polar surface area (TPSA) is 72.8 Å². The number of ether oxygens (including phenoxy) is 2. The number of halogens is 1. The van der Waals surface area contributed by atoms with Gasteiger partial charge in [0.05, 0.1) is 13.7 Å². The molecule has 6 nitrogen and oxygen atoms in total. The summed E-state index contributed by atoms with van der Waals surface area (Å²) < 4.78 is 10.6. The molecule has 7 heteroatoms. The molecule has 0 saturated carbocycles. The molecule has 0 spiro atoms. The number of aliphatic hydroxyl groups excluding tert-OH is 1. The van der Waals surface area contributed by atoms with Crippen molar-refractivity contribution in [3.63, 3.8) is 0 Å². The molecule has 20 heavy (non-hydrogen) atoms. The lowest BCUT2D eigenvalue weighted by atomic mass is 10.3. The summed E-state index contributed by atoms with van der Waals surface area (Å²) in [6.45, 7) is 5.87. The lowest BCUT2D eigenvalue weighted by Gasteiger charge is -2.33. The van der Waals surface area contributed by atoms with Gasteiger partial charge in [0.1, 0.15) is 32.8 Å². The van der Waals surface area contributed by atoms with Gasteiger partial charge in [-0.3, -0.25) is 9.59 Å². The fraction of sp³-hybridized carbons (Fsp3) is 0.846. The van der Waals surface area contributed by atoms with E-state index in [0.717, 1.165) is 0 Å². The van der Waals surface area contributed by atoms with E-state index < -0.39 is 0 Å². The van der Waals surface area contributed by atoms with Crippen molar-refractivity contribution in [3.8, 4) is 0 Å². The number of nitrogens with zero attached hydrogens (tertiary/aromatic N) is 1. The van der Waals surface area contributed by atoms with Gasteiger partial charge in [-0.1, -0.05) is 13.8 Å². The van der Waals surface area contributed by atoms with Gasteiger partial charge in [0.2, 0.25) is 0 Å². The van der Waals surface area contributed by atoms with Crippen LogP contribution in [0.25, 0.3) is 0 Å². The molecule has 0 aliphatic heterocycles. The van der Waals surface area contributed by atoms with Gasteiger partial charge in [-0.25, -0.2) is 0 Å². The van der Waals surface area contributed by atoms with Crippen LogP contribution in [-0.2, 0) is 19.1 Å². The van der Waals surface area contributed by atoms with E-state index in [0.29, 0.717) is 50.2 Å². The molecule has 0 unspecified atom stereocenters. The van der Waals surface area contributed by atoms with Crippen molar-refractivity contribution in [1.82, 2.24) is 0 Å². The van der Waals surface area contributed by atoms with Gasteiger partial charge in [-0.05, 0) is 0 Å². The van der Waals surface area contributed by atoms with Crippen molar-refractivity contribution in [3.05, 3.63) is 0 Å². The van der Waals surface area contributed by atoms with Crippen LogP contribution in [0, 0.1) is 0 Å². The van der Waals surface area contributed by atoms with Crippen LogP contribution in [0.15, 0.2) is 0 Å². The quantitative estimate of drug-likeness (QED) is 0.342. The maximum Gasteiger partial charge on any atom is 0.305 e. The molecule has 0 saturated heterocycles. The van der Waals surface area contributed by atoms with Crippen LogP contribution in [0.2, 0.25) is 0 Å². The highest BCUT2D eigenvalue weighted by Crippen LogP contribution is 2.03. The summed E-state index contributed by atoms with van der Waals surface area (Å²) in [6.07, 6.45) is 0.718. The van der Waals surface area contributed by atoms with E-state index >= 15 is 0 Å². The zero-order chi connectivity index (χ0) is 14.7. The highest BCUT2D eigenvalue weighted by Gasteiger charge is 2.22. The summed E-state index contributed by atoms with van der Waals surface area (Å²) >= 11 is 0. The molecule has 120 valence electrons. The Labute approximate surface area is 131 Å². The molecule has 0 atom stereocenters. The third kappa shape index (κ3) is 10.2. The fourth-order valence-electron chi connectivity index (χ4n) is 1.54. The Morgan fingerprint density at radius 2 is 1.35 bits per heavy atom. The van der Waals surface area contributed by atoms with E-state index in [2.05, 4.69) is 0 Å². The number of esters is 2. The molecule has 0 aliphatic carbocycles. The highest BCUT2D eigenvalue weighted by molar-refractivity contribution is 5.69. The van der Waals surface area contributed by atoms with E-state index in [1.54, 1.807) is 13.8 Å². The number of hydrogen-bond donors (Lipinski definition) is 1. The maximum atomic E-state index is 11.0. The second-order valence-corrected chi connectivity index (χ2v) is 4.66.